The van der Waals surface area contributed by atoms with Crippen LogP contribution in [0, 0.1) is 6.92 Å². The van der Waals surface area contributed by atoms with E-state index in [1.54, 1.807) is 26.0 Å². The Morgan fingerprint density at radius 1 is 1.16 bits per heavy atom. The fourth-order valence-corrected chi connectivity index (χ4v) is 4.14. The summed E-state index contributed by atoms with van der Waals surface area (Å²) in [7, 11) is -3.71. The number of sulfonamides is 1. The lowest BCUT2D eigenvalue weighted by molar-refractivity contribution is 0.102. The summed E-state index contributed by atoms with van der Waals surface area (Å²) < 4.78 is 28.0. The number of hydrogen-bond acceptors (Lipinski definition) is 3. The van der Waals surface area contributed by atoms with Crippen LogP contribution in [0.25, 0.3) is 0 Å². The van der Waals surface area contributed by atoms with Gasteiger partial charge in [0, 0.05) is 16.2 Å². The fourth-order valence-electron chi connectivity index (χ4n) is 2.18. The van der Waals surface area contributed by atoms with E-state index in [1.165, 1.54) is 18.2 Å². The number of amides is 1. The van der Waals surface area contributed by atoms with Crippen LogP contribution in [0.2, 0.25) is 5.02 Å². The SMILES string of the molecule is Cc1cc(Br)ccc1NC(=O)c1cc(S(=O)(=O)NC(C)C)ccc1Cl. The highest BCUT2D eigenvalue weighted by molar-refractivity contribution is 9.10. The van der Waals surface area contributed by atoms with Crippen LogP contribution < -0.4 is 10.0 Å². The molecule has 0 aliphatic heterocycles. The Morgan fingerprint density at radius 2 is 1.84 bits per heavy atom. The molecule has 1 amide bonds. The first-order valence-electron chi connectivity index (χ1n) is 7.49. The highest BCUT2D eigenvalue weighted by Crippen LogP contribution is 2.24. The zero-order valence-corrected chi connectivity index (χ0v) is 17.1. The predicted molar refractivity (Wildman–Crippen MR) is 104 cm³/mol. The minimum absolute atomic E-state index is 0.0109. The third kappa shape index (κ3) is 5.04. The summed E-state index contributed by atoms with van der Waals surface area (Å²) in [4.78, 5) is 12.5. The molecular weight excluding hydrogens is 428 g/mol. The van der Waals surface area contributed by atoms with Crippen molar-refractivity contribution in [3.63, 3.8) is 0 Å². The van der Waals surface area contributed by atoms with Crippen molar-refractivity contribution in [3.05, 3.63) is 57.0 Å². The van der Waals surface area contributed by atoms with Crippen molar-refractivity contribution in [1.29, 1.82) is 0 Å². The first-order chi connectivity index (χ1) is 11.6. The number of benzene rings is 2. The van der Waals surface area contributed by atoms with E-state index in [0.29, 0.717) is 5.69 Å². The number of carbonyl (C=O) groups excluding carboxylic acids is 1. The number of aryl methyl sites for hydroxylation is 1. The molecule has 2 aromatic rings. The van der Waals surface area contributed by atoms with Gasteiger partial charge in [0.1, 0.15) is 0 Å². The summed E-state index contributed by atoms with van der Waals surface area (Å²) in [5.41, 5.74) is 1.58. The molecule has 0 bridgehead atoms. The molecule has 134 valence electrons. The molecule has 0 fully saturated rings. The Bertz CT molecular complexity index is 914. The number of nitrogens with one attached hydrogen (secondary N) is 2. The second kappa shape index (κ2) is 7.86. The van der Waals surface area contributed by atoms with Gasteiger partial charge < -0.3 is 5.32 Å². The smallest absolute Gasteiger partial charge is 0.257 e. The van der Waals surface area contributed by atoms with Gasteiger partial charge in [0.2, 0.25) is 10.0 Å². The molecule has 0 aliphatic carbocycles. The second-order valence-corrected chi connectivity index (χ2v) is 8.87. The van der Waals surface area contributed by atoms with Crippen molar-refractivity contribution in [3.8, 4) is 0 Å². The van der Waals surface area contributed by atoms with Gasteiger partial charge in [-0.05, 0) is 62.7 Å². The Morgan fingerprint density at radius 3 is 2.44 bits per heavy atom. The van der Waals surface area contributed by atoms with Crippen LogP contribution in [-0.4, -0.2) is 20.4 Å². The summed E-state index contributed by atoms with van der Waals surface area (Å²) in [5.74, 6) is -0.475. The highest BCUT2D eigenvalue weighted by Gasteiger charge is 2.20. The summed E-state index contributed by atoms with van der Waals surface area (Å²) in [6.07, 6.45) is 0. The maximum atomic E-state index is 12.6. The Labute approximate surface area is 161 Å². The third-order valence-electron chi connectivity index (χ3n) is 3.32. The Balaban J connectivity index is 2.35. The highest BCUT2D eigenvalue weighted by atomic mass is 79.9. The van der Waals surface area contributed by atoms with E-state index in [0.717, 1.165) is 10.0 Å². The molecule has 2 aromatic carbocycles. The number of halogens is 2. The second-order valence-electron chi connectivity index (χ2n) is 5.83. The molecule has 0 spiro atoms. The number of hydrogen-bond donors (Lipinski definition) is 2. The van der Waals surface area contributed by atoms with Gasteiger partial charge in [0.15, 0.2) is 0 Å². The minimum atomic E-state index is -3.71. The normalized spacial score (nSPS) is 11.6. The van der Waals surface area contributed by atoms with E-state index >= 15 is 0 Å². The summed E-state index contributed by atoms with van der Waals surface area (Å²) in [6.45, 7) is 5.30. The molecule has 0 saturated heterocycles. The van der Waals surface area contributed by atoms with Crippen molar-refractivity contribution >= 4 is 49.1 Å². The van der Waals surface area contributed by atoms with E-state index < -0.39 is 15.9 Å². The van der Waals surface area contributed by atoms with Gasteiger partial charge in [0.25, 0.3) is 5.91 Å². The molecule has 8 heteroatoms. The first-order valence-corrected chi connectivity index (χ1v) is 10.1. The van der Waals surface area contributed by atoms with Crippen LogP contribution >= 0.6 is 27.5 Å². The predicted octanol–water partition coefficient (Wildman–Crippen LogP) is 4.35. The third-order valence-corrected chi connectivity index (χ3v) is 5.80. The summed E-state index contributed by atoms with van der Waals surface area (Å²) in [5, 5.41) is 2.93. The van der Waals surface area contributed by atoms with Gasteiger partial charge in [0.05, 0.1) is 15.5 Å². The van der Waals surface area contributed by atoms with Gasteiger partial charge in [-0.1, -0.05) is 27.5 Å². The maximum Gasteiger partial charge on any atom is 0.257 e. The summed E-state index contributed by atoms with van der Waals surface area (Å²) >= 11 is 9.46. The van der Waals surface area contributed by atoms with Gasteiger partial charge in [-0.2, -0.15) is 0 Å². The zero-order chi connectivity index (χ0) is 18.8. The first kappa shape index (κ1) is 19.9. The molecule has 0 radical (unpaired) electrons. The van der Waals surface area contributed by atoms with Crippen molar-refractivity contribution in [2.24, 2.45) is 0 Å². The molecular formula is C17H18BrClN2O3S. The molecule has 0 atom stereocenters. The van der Waals surface area contributed by atoms with E-state index in [2.05, 4.69) is 26.0 Å². The summed E-state index contributed by atoms with van der Waals surface area (Å²) in [6, 6.07) is 9.21. The van der Waals surface area contributed by atoms with E-state index in [-0.39, 0.29) is 21.5 Å². The van der Waals surface area contributed by atoms with Crippen LogP contribution in [0.15, 0.2) is 45.8 Å². The van der Waals surface area contributed by atoms with Crippen LogP contribution in [-0.2, 0) is 10.0 Å². The van der Waals surface area contributed by atoms with Gasteiger partial charge >= 0.3 is 0 Å². The lowest BCUT2D eigenvalue weighted by Crippen LogP contribution is -2.30. The largest absolute Gasteiger partial charge is 0.322 e. The van der Waals surface area contributed by atoms with Gasteiger partial charge in [-0.3, -0.25) is 4.79 Å². The van der Waals surface area contributed by atoms with Crippen molar-refractivity contribution < 1.29 is 13.2 Å². The average Bonchev–Trinajstić information content (AvgIpc) is 2.49. The number of anilines is 1. The molecule has 0 unspecified atom stereocenters. The molecule has 25 heavy (non-hydrogen) atoms. The van der Waals surface area contributed by atoms with Crippen LogP contribution in [0.4, 0.5) is 5.69 Å². The molecule has 0 aliphatic rings. The lowest BCUT2D eigenvalue weighted by atomic mass is 10.1. The topological polar surface area (TPSA) is 75.3 Å². The minimum Gasteiger partial charge on any atom is -0.322 e. The lowest BCUT2D eigenvalue weighted by Gasteiger charge is -2.13. The van der Waals surface area contributed by atoms with Crippen LogP contribution in [0.1, 0.15) is 29.8 Å². The molecule has 2 N–H and O–H groups in total. The Kier molecular flexibility index (Phi) is 6.26. The standard InChI is InChI=1S/C17H18BrClN2O3S/c1-10(2)21-25(23,24)13-5-6-15(19)14(9-13)17(22)20-16-7-4-12(18)8-11(16)3/h4-10,21H,1-3H3,(H,20,22). The molecule has 0 heterocycles. The molecule has 0 saturated carbocycles. The van der Waals surface area contributed by atoms with Crippen LogP contribution in [0.5, 0.6) is 0 Å². The number of carbonyl (C=O) groups is 1. The van der Waals surface area contributed by atoms with Crippen molar-refractivity contribution in [2.75, 3.05) is 5.32 Å². The average molecular weight is 446 g/mol. The van der Waals surface area contributed by atoms with Crippen molar-refractivity contribution in [2.45, 2.75) is 31.7 Å². The monoisotopic (exact) mass is 444 g/mol. The zero-order valence-electron chi connectivity index (χ0n) is 13.9. The maximum absolute atomic E-state index is 12.6. The molecule has 0 aromatic heterocycles. The van der Waals surface area contributed by atoms with Crippen LogP contribution in [0.3, 0.4) is 0 Å². The van der Waals surface area contributed by atoms with Crippen molar-refractivity contribution in [1.82, 2.24) is 4.72 Å². The van der Waals surface area contributed by atoms with E-state index in [9.17, 15) is 13.2 Å². The molecule has 2 rings (SSSR count). The quantitative estimate of drug-likeness (QED) is 0.718. The Hall–Kier alpha value is -1.41. The van der Waals surface area contributed by atoms with Gasteiger partial charge in [-0.15, -0.1) is 0 Å². The molecule has 5 nitrogen and oxygen atoms in total. The van der Waals surface area contributed by atoms with E-state index in [1.807, 2.05) is 13.0 Å². The fraction of sp³-hybridized carbons (Fsp3) is 0.235. The van der Waals surface area contributed by atoms with Gasteiger partial charge in [-0.25, -0.2) is 13.1 Å². The van der Waals surface area contributed by atoms with E-state index in [4.69, 9.17) is 11.6 Å². The number of rotatable bonds is 5.